The third-order valence-corrected chi connectivity index (χ3v) is 4.03. The molecular weight excluding hydrogens is 283 g/mol. The summed E-state index contributed by atoms with van der Waals surface area (Å²) >= 11 is 16.8. The van der Waals surface area contributed by atoms with E-state index >= 15 is 0 Å². The summed E-state index contributed by atoms with van der Waals surface area (Å²) in [4.78, 5) is 0. The fraction of sp³-hybridized carbons (Fsp3) is 1.00. The highest BCUT2D eigenvalue weighted by atomic mass is 35.8. The van der Waals surface area contributed by atoms with Crippen LogP contribution in [0.2, 0.25) is 0 Å². The minimum Gasteiger partial charge on any atom is -0.381 e. The molecule has 0 fully saturated rings. The van der Waals surface area contributed by atoms with Gasteiger partial charge in [-0.15, -0.1) is 0 Å². The zero-order valence-electron chi connectivity index (χ0n) is 10.1. The number of rotatable bonds is 11. The molecule has 0 bridgehead atoms. The van der Waals surface area contributed by atoms with Crippen molar-refractivity contribution < 1.29 is 4.43 Å². The third-order valence-electron chi connectivity index (χ3n) is 2.51. The van der Waals surface area contributed by atoms with Crippen LogP contribution in [0.4, 0.5) is 0 Å². The van der Waals surface area contributed by atoms with E-state index in [9.17, 15) is 0 Å². The molecule has 0 atom stereocenters. The lowest BCUT2D eigenvalue weighted by Gasteiger charge is -2.08. The van der Waals surface area contributed by atoms with Gasteiger partial charge < -0.3 is 4.43 Å². The van der Waals surface area contributed by atoms with Crippen molar-refractivity contribution in [3.8, 4) is 0 Å². The maximum Gasteiger partial charge on any atom is 0.493 e. The van der Waals surface area contributed by atoms with Crippen molar-refractivity contribution in [1.82, 2.24) is 0 Å². The lowest BCUT2D eigenvalue weighted by Crippen LogP contribution is -2.16. The molecule has 0 aromatic heterocycles. The first kappa shape index (κ1) is 17.0. The maximum absolute atomic E-state index is 5.59. The number of hydrogen-bond acceptors (Lipinski definition) is 1. The van der Waals surface area contributed by atoms with Gasteiger partial charge in [0.25, 0.3) is 0 Å². The molecule has 0 heterocycles. The lowest BCUT2D eigenvalue weighted by molar-refractivity contribution is 0.320. The summed E-state index contributed by atoms with van der Waals surface area (Å²) in [5, 5.41) is 0. The van der Waals surface area contributed by atoms with Gasteiger partial charge in [-0.2, -0.15) is 0 Å². The SMILES string of the molecule is CCCCCCCCCCCO[Si](Cl)(Cl)Cl. The smallest absolute Gasteiger partial charge is 0.381 e. The first-order valence-electron chi connectivity index (χ1n) is 6.27. The van der Waals surface area contributed by atoms with Crippen molar-refractivity contribution >= 4 is 39.5 Å². The quantitative estimate of drug-likeness (QED) is 0.271. The maximum atomic E-state index is 5.59. The van der Waals surface area contributed by atoms with E-state index in [1.807, 2.05) is 0 Å². The summed E-state index contributed by atoms with van der Waals surface area (Å²) < 4.78 is 5.12. The van der Waals surface area contributed by atoms with Crippen molar-refractivity contribution in [3.05, 3.63) is 0 Å². The van der Waals surface area contributed by atoms with Gasteiger partial charge >= 0.3 is 6.25 Å². The summed E-state index contributed by atoms with van der Waals surface area (Å²) in [6, 6.07) is 0. The van der Waals surface area contributed by atoms with Crippen molar-refractivity contribution in [3.63, 3.8) is 0 Å². The molecule has 0 spiro atoms. The summed E-state index contributed by atoms with van der Waals surface area (Å²) in [5.41, 5.74) is 0. The standard InChI is InChI=1S/C11H23Cl3OSi/c1-2-3-4-5-6-7-8-9-10-11-15-16(12,13)14/h2-11H2,1H3. The van der Waals surface area contributed by atoms with E-state index in [-0.39, 0.29) is 0 Å². The molecule has 0 aliphatic carbocycles. The second-order valence-corrected chi connectivity index (χ2v) is 11.8. The van der Waals surface area contributed by atoms with Gasteiger partial charge in [0.2, 0.25) is 0 Å². The van der Waals surface area contributed by atoms with Crippen molar-refractivity contribution in [2.75, 3.05) is 6.61 Å². The molecule has 0 N–H and O–H groups in total. The van der Waals surface area contributed by atoms with Crippen LogP contribution >= 0.6 is 33.2 Å². The molecule has 0 amide bonds. The van der Waals surface area contributed by atoms with E-state index < -0.39 is 6.25 Å². The van der Waals surface area contributed by atoms with Crippen LogP contribution in [0.3, 0.4) is 0 Å². The van der Waals surface area contributed by atoms with Gasteiger partial charge in [0, 0.05) is 6.61 Å². The van der Waals surface area contributed by atoms with Gasteiger partial charge in [0.15, 0.2) is 0 Å². The molecule has 0 aliphatic heterocycles. The highest BCUT2D eigenvalue weighted by molar-refractivity contribution is 7.62. The first-order chi connectivity index (χ1) is 7.56. The largest absolute Gasteiger partial charge is 0.493 e. The van der Waals surface area contributed by atoms with Crippen LogP contribution in [0.5, 0.6) is 0 Å². The molecule has 0 aromatic rings. The third kappa shape index (κ3) is 15.0. The van der Waals surface area contributed by atoms with Crippen molar-refractivity contribution in [2.24, 2.45) is 0 Å². The molecule has 0 saturated carbocycles. The second-order valence-electron chi connectivity index (χ2n) is 4.12. The van der Waals surface area contributed by atoms with Crippen LogP contribution in [0.25, 0.3) is 0 Å². The van der Waals surface area contributed by atoms with Crippen LogP contribution in [0, 0.1) is 0 Å². The highest BCUT2D eigenvalue weighted by Crippen LogP contribution is 2.21. The Kier molecular flexibility index (Phi) is 11.9. The highest BCUT2D eigenvalue weighted by Gasteiger charge is 2.26. The van der Waals surface area contributed by atoms with Crippen molar-refractivity contribution in [2.45, 2.75) is 64.7 Å². The normalized spacial score (nSPS) is 12.0. The van der Waals surface area contributed by atoms with Crippen LogP contribution in [-0.4, -0.2) is 12.9 Å². The summed E-state index contributed by atoms with van der Waals surface area (Å²) in [7, 11) is 0. The van der Waals surface area contributed by atoms with E-state index in [0.29, 0.717) is 6.61 Å². The first-order valence-corrected chi connectivity index (χ1v) is 11.2. The Labute approximate surface area is 115 Å². The molecule has 5 heteroatoms. The summed E-state index contributed by atoms with van der Waals surface area (Å²) in [5.74, 6) is 0. The molecular formula is C11H23Cl3OSi. The zero-order valence-corrected chi connectivity index (χ0v) is 13.4. The monoisotopic (exact) mass is 304 g/mol. The van der Waals surface area contributed by atoms with Crippen molar-refractivity contribution in [1.29, 1.82) is 0 Å². The van der Waals surface area contributed by atoms with Crippen LogP contribution < -0.4 is 0 Å². The Morgan fingerprint density at radius 3 is 1.62 bits per heavy atom. The Balaban J connectivity index is 2.99. The van der Waals surface area contributed by atoms with E-state index in [1.54, 1.807) is 0 Å². The Morgan fingerprint density at radius 1 is 0.750 bits per heavy atom. The second kappa shape index (κ2) is 11.2. The topological polar surface area (TPSA) is 9.23 Å². The molecule has 0 unspecified atom stereocenters. The molecule has 1 nitrogen and oxygen atoms in total. The molecule has 0 aliphatic rings. The van der Waals surface area contributed by atoms with Crippen LogP contribution in [0.1, 0.15) is 64.7 Å². The Bertz CT molecular complexity index is 151. The van der Waals surface area contributed by atoms with Gasteiger partial charge in [-0.1, -0.05) is 91.5 Å². The Hall–Kier alpha value is 1.05. The van der Waals surface area contributed by atoms with E-state index in [1.165, 1.54) is 51.4 Å². The molecule has 0 saturated heterocycles. The van der Waals surface area contributed by atoms with Crippen LogP contribution in [0.15, 0.2) is 0 Å². The average molecular weight is 306 g/mol. The van der Waals surface area contributed by atoms with Gasteiger partial charge in [0.1, 0.15) is 0 Å². The molecule has 0 radical (unpaired) electrons. The zero-order chi connectivity index (χ0) is 12.3. The van der Waals surface area contributed by atoms with Crippen LogP contribution in [-0.2, 0) is 4.43 Å². The van der Waals surface area contributed by atoms with Gasteiger partial charge in [-0.25, -0.2) is 0 Å². The predicted octanol–water partition coefficient (Wildman–Crippen LogP) is 5.69. The van der Waals surface area contributed by atoms with E-state index in [2.05, 4.69) is 6.92 Å². The average Bonchev–Trinajstić information content (AvgIpc) is 2.19. The molecule has 0 aromatic carbocycles. The predicted molar refractivity (Wildman–Crippen MR) is 76.5 cm³/mol. The van der Waals surface area contributed by atoms with Gasteiger partial charge in [0.05, 0.1) is 0 Å². The minimum atomic E-state index is -2.83. The fourth-order valence-electron chi connectivity index (χ4n) is 1.60. The summed E-state index contributed by atoms with van der Waals surface area (Å²) in [6.45, 7) is 2.84. The van der Waals surface area contributed by atoms with Gasteiger partial charge in [-0.05, 0) is 6.42 Å². The number of halogens is 3. The number of unbranched alkanes of at least 4 members (excludes halogenated alkanes) is 8. The molecule has 0 rings (SSSR count). The molecule has 98 valence electrons. The van der Waals surface area contributed by atoms with E-state index in [0.717, 1.165) is 6.42 Å². The molecule has 16 heavy (non-hydrogen) atoms. The fourth-order valence-corrected chi connectivity index (χ4v) is 2.67. The Morgan fingerprint density at radius 2 is 1.19 bits per heavy atom. The summed E-state index contributed by atoms with van der Waals surface area (Å²) in [6.07, 6.45) is 8.79. The number of hydrogen-bond donors (Lipinski definition) is 0. The van der Waals surface area contributed by atoms with E-state index in [4.69, 9.17) is 37.7 Å². The van der Waals surface area contributed by atoms with Gasteiger partial charge in [-0.3, -0.25) is 0 Å². The minimum absolute atomic E-state index is 0.596. The lowest BCUT2D eigenvalue weighted by atomic mass is 10.1.